The molecule has 1 aromatic carbocycles. The molecule has 0 radical (unpaired) electrons. The van der Waals surface area contributed by atoms with Crippen LogP contribution in [0.1, 0.15) is 32.0 Å². The van der Waals surface area contributed by atoms with E-state index in [1.165, 1.54) is 12.3 Å². The predicted octanol–water partition coefficient (Wildman–Crippen LogP) is 2.97. The van der Waals surface area contributed by atoms with Crippen LogP contribution in [-0.2, 0) is 6.54 Å². The van der Waals surface area contributed by atoms with Crippen LogP contribution in [-0.4, -0.2) is 21.8 Å². The van der Waals surface area contributed by atoms with E-state index in [9.17, 15) is 9.59 Å². The highest BCUT2D eigenvalue weighted by Crippen LogP contribution is 2.11. The van der Waals surface area contributed by atoms with Gasteiger partial charge in [0.15, 0.2) is 0 Å². The summed E-state index contributed by atoms with van der Waals surface area (Å²) in [5.74, 6) is -0.642. The van der Waals surface area contributed by atoms with Gasteiger partial charge in [-0.15, -0.1) is 0 Å². The molecule has 0 aliphatic rings. The maximum atomic E-state index is 12.4. The Kier molecular flexibility index (Phi) is 5.34. The van der Waals surface area contributed by atoms with Gasteiger partial charge in [0.25, 0.3) is 11.8 Å². The number of benzene rings is 1. The van der Waals surface area contributed by atoms with Crippen molar-refractivity contribution < 1.29 is 9.59 Å². The molecule has 26 heavy (non-hydrogen) atoms. The van der Waals surface area contributed by atoms with Crippen LogP contribution in [0.15, 0.2) is 67.1 Å². The zero-order valence-corrected chi connectivity index (χ0v) is 14.3. The summed E-state index contributed by atoms with van der Waals surface area (Å²) in [5, 5.41) is 5.57. The number of rotatable bonds is 5. The summed E-state index contributed by atoms with van der Waals surface area (Å²) in [6, 6.07) is 14.2. The molecule has 2 amide bonds. The largest absolute Gasteiger partial charge is 0.347 e. The van der Waals surface area contributed by atoms with Crippen LogP contribution >= 0.6 is 0 Å². The molecule has 3 aromatic rings. The number of aryl methyl sites for hydroxylation is 1. The van der Waals surface area contributed by atoms with Gasteiger partial charge >= 0.3 is 0 Å². The van der Waals surface area contributed by atoms with E-state index < -0.39 is 0 Å². The van der Waals surface area contributed by atoms with Crippen molar-refractivity contribution in [3.8, 4) is 0 Å². The number of anilines is 1. The van der Waals surface area contributed by atoms with Crippen molar-refractivity contribution in [1.29, 1.82) is 0 Å². The molecule has 6 heteroatoms. The number of hydrogen-bond acceptors (Lipinski definition) is 4. The number of nitrogens with one attached hydrogen (secondary N) is 2. The van der Waals surface area contributed by atoms with Gasteiger partial charge in [-0.05, 0) is 42.8 Å². The lowest BCUT2D eigenvalue weighted by Gasteiger charge is -2.08. The third kappa shape index (κ3) is 4.51. The minimum absolute atomic E-state index is 0.186. The fraction of sp³-hybridized carbons (Fsp3) is 0.100. The summed E-state index contributed by atoms with van der Waals surface area (Å²) in [6.45, 7) is 2.32. The van der Waals surface area contributed by atoms with Crippen LogP contribution in [0.2, 0.25) is 0 Å². The van der Waals surface area contributed by atoms with Crippen molar-refractivity contribution in [2.24, 2.45) is 0 Å². The van der Waals surface area contributed by atoms with E-state index in [4.69, 9.17) is 0 Å². The van der Waals surface area contributed by atoms with E-state index in [1.807, 2.05) is 37.3 Å². The van der Waals surface area contributed by atoms with Gasteiger partial charge in [-0.2, -0.15) is 0 Å². The Bertz CT molecular complexity index is 909. The molecule has 2 N–H and O–H groups in total. The first-order valence-corrected chi connectivity index (χ1v) is 8.13. The Balaban J connectivity index is 1.66. The Morgan fingerprint density at radius 3 is 2.54 bits per heavy atom. The number of carbonyl (C=O) groups is 2. The molecule has 2 heterocycles. The van der Waals surface area contributed by atoms with Crippen molar-refractivity contribution in [1.82, 2.24) is 15.3 Å². The lowest BCUT2D eigenvalue weighted by molar-refractivity contribution is 0.0946. The molecule has 0 saturated heterocycles. The summed E-state index contributed by atoms with van der Waals surface area (Å²) in [7, 11) is 0. The maximum absolute atomic E-state index is 12.4. The minimum Gasteiger partial charge on any atom is -0.347 e. The number of nitrogens with zero attached hydrogens (tertiary/aromatic N) is 2. The van der Waals surface area contributed by atoms with Gasteiger partial charge in [0, 0.05) is 36.4 Å². The van der Waals surface area contributed by atoms with Gasteiger partial charge < -0.3 is 10.6 Å². The van der Waals surface area contributed by atoms with E-state index >= 15 is 0 Å². The molecule has 3 rings (SSSR count). The number of hydrogen-bond donors (Lipinski definition) is 2. The third-order valence-corrected chi connectivity index (χ3v) is 3.74. The van der Waals surface area contributed by atoms with Crippen molar-refractivity contribution >= 4 is 17.5 Å². The second-order valence-electron chi connectivity index (χ2n) is 5.79. The van der Waals surface area contributed by atoms with E-state index in [-0.39, 0.29) is 17.5 Å². The first-order chi connectivity index (χ1) is 12.6. The monoisotopic (exact) mass is 346 g/mol. The van der Waals surface area contributed by atoms with Crippen LogP contribution in [0.25, 0.3) is 0 Å². The van der Waals surface area contributed by atoms with Crippen molar-refractivity contribution in [2.45, 2.75) is 13.5 Å². The van der Waals surface area contributed by atoms with Crippen LogP contribution in [0.5, 0.6) is 0 Å². The molecular weight excluding hydrogens is 328 g/mol. The van der Waals surface area contributed by atoms with Gasteiger partial charge in [0.1, 0.15) is 5.69 Å². The molecule has 0 spiro atoms. The molecular formula is C20H18N4O2. The van der Waals surface area contributed by atoms with Crippen molar-refractivity contribution in [3.63, 3.8) is 0 Å². The second kappa shape index (κ2) is 8.02. The molecule has 0 aliphatic heterocycles. The maximum Gasteiger partial charge on any atom is 0.270 e. The fourth-order valence-corrected chi connectivity index (χ4v) is 2.31. The average molecular weight is 346 g/mol. The van der Waals surface area contributed by atoms with E-state index in [1.54, 1.807) is 24.5 Å². The van der Waals surface area contributed by atoms with Gasteiger partial charge in [-0.1, -0.05) is 23.8 Å². The summed E-state index contributed by atoms with van der Waals surface area (Å²) in [6.07, 6.45) is 4.80. The summed E-state index contributed by atoms with van der Waals surface area (Å²) >= 11 is 0. The lowest BCUT2D eigenvalue weighted by Crippen LogP contribution is -2.24. The SMILES string of the molecule is Cc1ccc(NC(=O)c2ccnc(C(=O)NCc3cccnc3)c2)cc1. The van der Waals surface area contributed by atoms with Gasteiger partial charge in [-0.25, -0.2) is 0 Å². The predicted molar refractivity (Wildman–Crippen MR) is 98.8 cm³/mol. The number of amides is 2. The van der Waals surface area contributed by atoms with E-state index in [0.717, 1.165) is 11.1 Å². The summed E-state index contributed by atoms with van der Waals surface area (Å²) in [5.41, 5.74) is 3.24. The molecule has 0 bridgehead atoms. The van der Waals surface area contributed by atoms with Crippen LogP contribution in [0.4, 0.5) is 5.69 Å². The highest BCUT2D eigenvalue weighted by atomic mass is 16.2. The average Bonchev–Trinajstić information content (AvgIpc) is 2.69. The van der Waals surface area contributed by atoms with Crippen LogP contribution in [0.3, 0.4) is 0 Å². The van der Waals surface area contributed by atoms with Crippen LogP contribution < -0.4 is 10.6 Å². The number of carbonyl (C=O) groups excluding carboxylic acids is 2. The molecule has 0 saturated carbocycles. The number of pyridine rings is 2. The minimum atomic E-state index is -0.348. The molecule has 2 aromatic heterocycles. The van der Waals surface area contributed by atoms with Gasteiger partial charge in [0.2, 0.25) is 0 Å². The highest BCUT2D eigenvalue weighted by molar-refractivity contribution is 6.05. The highest BCUT2D eigenvalue weighted by Gasteiger charge is 2.12. The molecule has 0 aliphatic carbocycles. The molecule has 0 atom stereocenters. The standard InChI is InChI=1S/C20H18N4O2/c1-14-4-6-17(7-5-14)24-19(25)16-8-10-22-18(11-16)20(26)23-13-15-3-2-9-21-12-15/h2-12H,13H2,1H3,(H,23,26)(H,24,25). The Morgan fingerprint density at radius 1 is 1.00 bits per heavy atom. The summed E-state index contributed by atoms with van der Waals surface area (Å²) < 4.78 is 0. The molecule has 6 nitrogen and oxygen atoms in total. The normalized spacial score (nSPS) is 10.2. The van der Waals surface area contributed by atoms with Crippen molar-refractivity contribution in [2.75, 3.05) is 5.32 Å². The lowest BCUT2D eigenvalue weighted by atomic mass is 10.2. The quantitative estimate of drug-likeness (QED) is 0.744. The smallest absolute Gasteiger partial charge is 0.270 e. The third-order valence-electron chi connectivity index (χ3n) is 3.74. The number of aromatic nitrogens is 2. The molecule has 0 unspecified atom stereocenters. The topological polar surface area (TPSA) is 84.0 Å². The van der Waals surface area contributed by atoms with Gasteiger partial charge in [0.05, 0.1) is 0 Å². The molecule has 0 fully saturated rings. The first kappa shape index (κ1) is 17.3. The summed E-state index contributed by atoms with van der Waals surface area (Å²) in [4.78, 5) is 32.7. The Labute approximate surface area is 151 Å². The second-order valence-corrected chi connectivity index (χ2v) is 5.79. The van der Waals surface area contributed by atoms with Crippen LogP contribution in [0, 0.1) is 6.92 Å². The zero-order valence-electron chi connectivity index (χ0n) is 14.3. The molecule has 130 valence electrons. The zero-order chi connectivity index (χ0) is 18.4. The Hall–Kier alpha value is -3.54. The first-order valence-electron chi connectivity index (χ1n) is 8.13. The Morgan fingerprint density at radius 2 is 1.81 bits per heavy atom. The van der Waals surface area contributed by atoms with E-state index in [0.29, 0.717) is 17.8 Å². The van der Waals surface area contributed by atoms with Crippen molar-refractivity contribution in [3.05, 3.63) is 89.5 Å². The van der Waals surface area contributed by atoms with Gasteiger partial charge in [-0.3, -0.25) is 19.6 Å². The van der Waals surface area contributed by atoms with E-state index in [2.05, 4.69) is 20.6 Å². The fourth-order valence-electron chi connectivity index (χ4n) is 2.31.